The highest BCUT2D eigenvalue weighted by Gasteiger charge is 2.13. The molecule has 2 heterocycles. The fourth-order valence-corrected chi connectivity index (χ4v) is 1.75. The minimum atomic E-state index is -0.605. The number of hydrogen-bond donors (Lipinski definition) is 1. The van der Waals surface area contributed by atoms with Gasteiger partial charge in [0, 0.05) is 24.9 Å². The van der Waals surface area contributed by atoms with Crippen molar-refractivity contribution < 1.29 is 9.52 Å². The summed E-state index contributed by atoms with van der Waals surface area (Å²) in [5.41, 5.74) is 0.774. The summed E-state index contributed by atoms with van der Waals surface area (Å²) in [7, 11) is 1.81. The van der Waals surface area contributed by atoms with Gasteiger partial charge < -0.3 is 9.52 Å². The van der Waals surface area contributed by atoms with Gasteiger partial charge in [0.1, 0.15) is 17.1 Å². The number of nitrogens with zero attached hydrogens (tertiary/aromatic N) is 3. The minimum Gasteiger partial charge on any atom is -0.507 e. The first-order valence-corrected chi connectivity index (χ1v) is 5.78. The van der Waals surface area contributed by atoms with E-state index in [2.05, 4.69) is 10.1 Å². The Kier molecular flexibility index (Phi) is 3.25. The van der Waals surface area contributed by atoms with Gasteiger partial charge in [-0.15, -0.1) is 0 Å². The van der Waals surface area contributed by atoms with Crippen molar-refractivity contribution in [2.24, 2.45) is 12.0 Å². The number of aliphatic imine (C=N–C) groups is 1. The summed E-state index contributed by atoms with van der Waals surface area (Å²) in [4.78, 5) is 16.0. The third-order valence-corrected chi connectivity index (χ3v) is 2.80. The lowest BCUT2D eigenvalue weighted by molar-refractivity contribution is 0.432. The second-order valence-corrected chi connectivity index (χ2v) is 4.37. The van der Waals surface area contributed by atoms with E-state index in [9.17, 15) is 9.90 Å². The Hall–Kier alpha value is -2.37. The molecule has 100 valence electrons. The van der Waals surface area contributed by atoms with Crippen LogP contribution < -0.4 is 5.63 Å². The summed E-state index contributed by atoms with van der Waals surface area (Å²) >= 11 is 0. The molecule has 2 aromatic heterocycles. The number of aromatic hydroxyl groups is 1. The van der Waals surface area contributed by atoms with Crippen LogP contribution in [-0.2, 0) is 7.05 Å². The predicted molar refractivity (Wildman–Crippen MR) is 71.2 cm³/mol. The molecule has 1 N–H and O–H groups in total. The number of aromatic nitrogens is 2. The van der Waals surface area contributed by atoms with Crippen molar-refractivity contribution in [2.75, 3.05) is 0 Å². The smallest absolute Gasteiger partial charge is 0.348 e. The Bertz CT molecular complexity index is 691. The van der Waals surface area contributed by atoms with E-state index in [0.29, 0.717) is 17.3 Å². The highest BCUT2D eigenvalue weighted by atomic mass is 16.4. The van der Waals surface area contributed by atoms with Gasteiger partial charge in [-0.25, -0.2) is 9.79 Å². The average Bonchev–Trinajstić information content (AvgIpc) is 2.55. The van der Waals surface area contributed by atoms with E-state index in [4.69, 9.17) is 4.42 Å². The lowest BCUT2D eigenvalue weighted by atomic mass is 10.1. The fourth-order valence-electron chi connectivity index (χ4n) is 1.75. The molecule has 0 fully saturated rings. The van der Waals surface area contributed by atoms with E-state index in [-0.39, 0.29) is 11.3 Å². The van der Waals surface area contributed by atoms with Gasteiger partial charge in [-0.3, -0.25) is 4.68 Å². The molecule has 0 radical (unpaired) electrons. The molecule has 0 aliphatic heterocycles. The molecule has 0 atom stereocenters. The van der Waals surface area contributed by atoms with Gasteiger partial charge in [0.05, 0.1) is 5.71 Å². The molecule has 0 saturated carbocycles. The molecule has 2 aromatic rings. The molecule has 0 bridgehead atoms. The van der Waals surface area contributed by atoms with E-state index >= 15 is 0 Å². The van der Waals surface area contributed by atoms with Crippen LogP contribution >= 0.6 is 0 Å². The van der Waals surface area contributed by atoms with Crippen molar-refractivity contribution in [2.45, 2.75) is 20.8 Å². The minimum absolute atomic E-state index is 0.0638. The first-order chi connectivity index (χ1) is 8.88. The zero-order valence-electron chi connectivity index (χ0n) is 11.3. The maximum absolute atomic E-state index is 11.7. The fraction of sp³-hybridized carbons (Fsp3) is 0.308. The zero-order valence-corrected chi connectivity index (χ0v) is 11.3. The molecular weight excluding hydrogens is 246 g/mol. The second-order valence-electron chi connectivity index (χ2n) is 4.37. The third kappa shape index (κ3) is 2.57. The van der Waals surface area contributed by atoms with E-state index in [1.807, 2.05) is 6.92 Å². The lowest BCUT2D eigenvalue weighted by Gasteiger charge is -2.02. The van der Waals surface area contributed by atoms with Gasteiger partial charge in [-0.2, -0.15) is 5.10 Å². The molecule has 0 saturated heterocycles. The molecule has 0 amide bonds. The van der Waals surface area contributed by atoms with Gasteiger partial charge in [-0.05, 0) is 20.8 Å². The van der Waals surface area contributed by atoms with Crippen LogP contribution in [0.4, 0.5) is 5.82 Å². The van der Waals surface area contributed by atoms with Crippen molar-refractivity contribution in [3.05, 3.63) is 39.6 Å². The average molecular weight is 261 g/mol. The Morgan fingerprint density at radius 2 is 2.11 bits per heavy atom. The molecule has 19 heavy (non-hydrogen) atoms. The SMILES string of the molecule is CC(=Nc1cc(C)n(C)n1)c1c(O)cc(C)oc1=O. The number of hydrogen-bond acceptors (Lipinski definition) is 5. The molecule has 0 spiro atoms. The third-order valence-electron chi connectivity index (χ3n) is 2.80. The van der Waals surface area contributed by atoms with Crippen LogP contribution in [-0.4, -0.2) is 20.6 Å². The summed E-state index contributed by atoms with van der Waals surface area (Å²) in [5, 5.41) is 14.0. The van der Waals surface area contributed by atoms with Crippen molar-refractivity contribution in [1.29, 1.82) is 0 Å². The molecule has 6 heteroatoms. The molecule has 0 aliphatic rings. The molecule has 0 aliphatic carbocycles. The molecular formula is C13H15N3O3. The van der Waals surface area contributed by atoms with E-state index in [1.54, 1.807) is 31.6 Å². The quantitative estimate of drug-likeness (QED) is 0.836. The maximum atomic E-state index is 11.7. The van der Waals surface area contributed by atoms with Crippen LogP contribution in [0.15, 0.2) is 26.3 Å². The predicted octanol–water partition coefficient (Wildman–Crippen LogP) is 1.84. The van der Waals surface area contributed by atoms with E-state index in [1.165, 1.54) is 6.07 Å². The molecule has 0 aromatic carbocycles. The highest BCUT2D eigenvalue weighted by Crippen LogP contribution is 2.18. The monoisotopic (exact) mass is 261 g/mol. The Morgan fingerprint density at radius 1 is 1.42 bits per heavy atom. The molecule has 2 rings (SSSR count). The first kappa shape index (κ1) is 13.1. The Labute approximate surface area is 110 Å². The zero-order chi connectivity index (χ0) is 14.2. The van der Waals surface area contributed by atoms with Crippen LogP contribution in [0.5, 0.6) is 5.75 Å². The van der Waals surface area contributed by atoms with Gasteiger partial charge in [-0.1, -0.05) is 0 Å². The van der Waals surface area contributed by atoms with E-state index in [0.717, 1.165) is 5.69 Å². The standard InChI is InChI=1S/C13H15N3O3/c1-7-5-11(15-16(7)4)14-9(3)12-10(17)6-8(2)19-13(12)18/h5-6,17H,1-4H3. The number of rotatable bonds is 2. The lowest BCUT2D eigenvalue weighted by Crippen LogP contribution is -2.12. The van der Waals surface area contributed by atoms with Gasteiger partial charge in [0.2, 0.25) is 0 Å². The van der Waals surface area contributed by atoms with Gasteiger partial charge >= 0.3 is 5.63 Å². The van der Waals surface area contributed by atoms with Crippen molar-refractivity contribution in [3.8, 4) is 5.75 Å². The first-order valence-electron chi connectivity index (χ1n) is 5.78. The van der Waals surface area contributed by atoms with Crippen molar-refractivity contribution in [1.82, 2.24) is 9.78 Å². The Balaban J connectivity index is 2.50. The summed E-state index contributed by atoms with van der Waals surface area (Å²) in [6, 6.07) is 3.18. The summed E-state index contributed by atoms with van der Waals surface area (Å²) in [5.74, 6) is 0.701. The van der Waals surface area contributed by atoms with Crippen LogP contribution in [0.3, 0.4) is 0 Å². The van der Waals surface area contributed by atoms with Crippen LogP contribution in [0, 0.1) is 13.8 Å². The summed E-state index contributed by atoms with van der Waals surface area (Å²) in [6.07, 6.45) is 0. The van der Waals surface area contributed by atoms with Gasteiger partial charge in [0.15, 0.2) is 5.82 Å². The largest absolute Gasteiger partial charge is 0.507 e. The van der Waals surface area contributed by atoms with Crippen molar-refractivity contribution >= 4 is 11.5 Å². The van der Waals surface area contributed by atoms with Crippen LogP contribution in [0.1, 0.15) is 23.9 Å². The van der Waals surface area contributed by atoms with Gasteiger partial charge in [0.25, 0.3) is 0 Å². The molecule has 0 unspecified atom stereocenters. The Morgan fingerprint density at radius 3 is 2.63 bits per heavy atom. The molecule has 6 nitrogen and oxygen atoms in total. The topological polar surface area (TPSA) is 80.6 Å². The van der Waals surface area contributed by atoms with Crippen LogP contribution in [0.25, 0.3) is 0 Å². The number of aryl methyl sites for hydroxylation is 3. The van der Waals surface area contributed by atoms with Crippen molar-refractivity contribution in [3.63, 3.8) is 0 Å². The van der Waals surface area contributed by atoms with E-state index < -0.39 is 5.63 Å². The summed E-state index contributed by atoms with van der Waals surface area (Å²) in [6.45, 7) is 5.13. The highest BCUT2D eigenvalue weighted by molar-refractivity contribution is 6.01. The summed E-state index contributed by atoms with van der Waals surface area (Å²) < 4.78 is 6.64. The van der Waals surface area contributed by atoms with Crippen LogP contribution in [0.2, 0.25) is 0 Å². The normalized spacial score (nSPS) is 11.9. The maximum Gasteiger partial charge on any atom is 0.348 e. The second kappa shape index (κ2) is 4.72.